The van der Waals surface area contributed by atoms with E-state index in [-0.39, 0.29) is 6.03 Å². The highest BCUT2D eigenvalue weighted by Gasteiger charge is 2.43. The number of carbonyl (C=O) groups excluding carboxylic acids is 1. The van der Waals surface area contributed by atoms with E-state index in [9.17, 15) is 4.79 Å². The predicted molar refractivity (Wildman–Crippen MR) is 85.5 cm³/mol. The van der Waals surface area contributed by atoms with Crippen LogP contribution in [0.3, 0.4) is 0 Å². The summed E-state index contributed by atoms with van der Waals surface area (Å²) in [5.74, 6) is 0. The first-order chi connectivity index (χ1) is 10.1. The molecule has 3 rings (SSSR count). The average Bonchev–Trinajstić information content (AvgIpc) is 2.49. The summed E-state index contributed by atoms with van der Waals surface area (Å²) in [5, 5.41) is 3.00. The normalized spacial score (nSPS) is 20.9. The lowest BCUT2D eigenvalue weighted by atomic mass is 9.80. The highest BCUT2D eigenvalue weighted by Crippen LogP contribution is 2.43. The zero-order valence-electron chi connectivity index (χ0n) is 12.7. The molecule has 1 heterocycles. The van der Waals surface area contributed by atoms with Gasteiger partial charge < -0.3 is 10.2 Å². The van der Waals surface area contributed by atoms with Gasteiger partial charge in [-0.25, -0.2) is 4.79 Å². The SMILES string of the molecule is CCN1C(=O)Nc2ccc(C)cc2C1(C)c1ccccc1. The van der Waals surface area contributed by atoms with Crippen molar-refractivity contribution in [1.82, 2.24) is 4.90 Å². The fraction of sp³-hybridized carbons (Fsp3) is 0.278. The summed E-state index contributed by atoms with van der Waals surface area (Å²) >= 11 is 0. The Hall–Kier alpha value is -2.29. The first-order valence-corrected chi connectivity index (χ1v) is 7.32. The number of hydrogen-bond acceptors (Lipinski definition) is 1. The maximum Gasteiger partial charge on any atom is 0.322 e. The molecular formula is C18H20N2O. The number of carbonyl (C=O) groups is 1. The van der Waals surface area contributed by atoms with Crippen molar-refractivity contribution in [1.29, 1.82) is 0 Å². The Kier molecular flexibility index (Phi) is 3.20. The second-order valence-corrected chi connectivity index (χ2v) is 5.66. The van der Waals surface area contributed by atoms with Crippen molar-refractivity contribution < 1.29 is 4.79 Å². The first-order valence-electron chi connectivity index (χ1n) is 7.32. The van der Waals surface area contributed by atoms with Crippen LogP contribution in [-0.4, -0.2) is 17.5 Å². The maximum absolute atomic E-state index is 12.5. The number of anilines is 1. The molecule has 0 radical (unpaired) electrons. The van der Waals surface area contributed by atoms with E-state index in [1.165, 1.54) is 5.56 Å². The van der Waals surface area contributed by atoms with Gasteiger partial charge in [-0.3, -0.25) is 0 Å². The van der Waals surface area contributed by atoms with Gasteiger partial charge in [0.05, 0.1) is 5.54 Å². The van der Waals surface area contributed by atoms with Gasteiger partial charge in [0.1, 0.15) is 0 Å². The van der Waals surface area contributed by atoms with Gasteiger partial charge in [-0.15, -0.1) is 0 Å². The Bertz CT molecular complexity index is 681. The summed E-state index contributed by atoms with van der Waals surface area (Å²) in [4.78, 5) is 14.4. The molecule has 108 valence electrons. The minimum absolute atomic E-state index is 0.0415. The first kappa shape index (κ1) is 13.7. The summed E-state index contributed by atoms with van der Waals surface area (Å²) in [6.45, 7) is 6.88. The molecule has 1 atom stereocenters. The van der Waals surface area contributed by atoms with Gasteiger partial charge in [0.15, 0.2) is 0 Å². The quantitative estimate of drug-likeness (QED) is 0.881. The molecule has 1 unspecified atom stereocenters. The molecule has 0 saturated carbocycles. The van der Waals surface area contributed by atoms with Crippen LogP contribution < -0.4 is 5.32 Å². The van der Waals surface area contributed by atoms with Crippen molar-refractivity contribution in [2.45, 2.75) is 26.3 Å². The zero-order valence-corrected chi connectivity index (χ0v) is 12.7. The fourth-order valence-electron chi connectivity index (χ4n) is 3.23. The lowest BCUT2D eigenvalue weighted by molar-refractivity contribution is 0.158. The molecule has 2 aromatic rings. The molecule has 1 aliphatic rings. The summed E-state index contributed by atoms with van der Waals surface area (Å²) in [6, 6.07) is 16.4. The van der Waals surface area contributed by atoms with E-state index in [2.05, 4.69) is 37.4 Å². The molecule has 2 aromatic carbocycles. The van der Waals surface area contributed by atoms with E-state index in [1.54, 1.807) is 0 Å². The van der Waals surface area contributed by atoms with E-state index in [4.69, 9.17) is 0 Å². The second-order valence-electron chi connectivity index (χ2n) is 5.66. The number of urea groups is 1. The van der Waals surface area contributed by atoms with E-state index in [0.717, 1.165) is 16.8 Å². The highest BCUT2D eigenvalue weighted by molar-refractivity contribution is 5.94. The maximum atomic E-state index is 12.5. The molecule has 1 aliphatic heterocycles. The molecule has 0 saturated heterocycles. The van der Waals surface area contributed by atoms with Crippen molar-refractivity contribution in [2.24, 2.45) is 0 Å². The van der Waals surface area contributed by atoms with E-state index >= 15 is 0 Å². The van der Waals surface area contributed by atoms with Gasteiger partial charge in [-0.05, 0) is 32.4 Å². The Morgan fingerprint density at radius 3 is 2.52 bits per heavy atom. The Morgan fingerprint density at radius 1 is 1.14 bits per heavy atom. The molecular weight excluding hydrogens is 260 g/mol. The number of aryl methyl sites for hydroxylation is 1. The van der Waals surface area contributed by atoms with Gasteiger partial charge in [-0.1, -0.05) is 48.0 Å². The van der Waals surface area contributed by atoms with Crippen LogP contribution in [0.25, 0.3) is 0 Å². The smallest absolute Gasteiger partial charge is 0.311 e. The average molecular weight is 280 g/mol. The minimum Gasteiger partial charge on any atom is -0.311 e. The Morgan fingerprint density at radius 2 is 1.86 bits per heavy atom. The molecule has 2 amide bonds. The van der Waals surface area contributed by atoms with Crippen molar-refractivity contribution in [3.63, 3.8) is 0 Å². The Labute approximate surface area is 125 Å². The summed E-state index contributed by atoms with van der Waals surface area (Å²) in [7, 11) is 0. The van der Waals surface area contributed by atoms with Crippen LogP contribution in [0.5, 0.6) is 0 Å². The molecule has 1 N–H and O–H groups in total. The minimum atomic E-state index is -0.445. The lowest BCUT2D eigenvalue weighted by Crippen LogP contribution is -2.53. The summed E-state index contributed by atoms with van der Waals surface area (Å²) < 4.78 is 0. The van der Waals surface area contributed by atoms with Crippen LogP contribution in [0, 0.1) is 6.92 Å². The predicted octanol–water partition coefficient (Wildman–Crippen LogP) is 4.13. The number of benzene rings is 2. The molecule has 0 fully saturated rings. The van der Waals surface area contributed by atoms with Crippen molar-refractivity contribution in [3.8, 4) is 0 Å². The molecule has 3 heteroatoms. The number of nitrogens with zero attached hydrogens (tertiary/aromatic N) is 1. The zero-order chi connectivity index (χ0) is 15.0. The third kappa shape index (κ3) is 2.00. The molecule has 0 aliphatic carbocycles. The van der Waals surface area contributed by atoms with Gasteiger partial charge >= 0.3 is 6.03 Å². The molecule has 0 aromatic heterocycles. The number of nitrogens with one attached hydrogen (secondary N) is 1. The fourth-order valence-corrected chi connectivity index (χ4v) is 3.23. The third-order valence-corrected chi connectivity index (χ3v) is 4.38. The molecule has 0 bridgehead atoms. The molecule has 21 heavy (non-hydrogen) atoms. The van der Waals surface area contributed by atoms with Crippen LogP contribution in [0.1, 0.15) is 30.5 Å². The highest BCUT2D eigenvalue weighted by atomic mass is 16.2. The largest absolute Gasteiger partial charge is 0.322 e. The summed E-state index contributed by atoms with van der Waals surface area (Å²) in [5.41, 5.74) is 3.94. The number of rotatable bonds is 2. The van der Waals surface area contributed by atoms with Gasteiger partial charge in [0.2, 0.25) is 0 Å². The summed E-state index contributed by atoms with van der Waals surface area (Å²) in [6.07, 6.45) is 0. The molecule has 3 nitrogen and oxygen atoms in total. The van der Waals surface area contributed by atoms with Crippen molar-refractivity contribution in [3.05, 3.63) is 65.2 Å². The van der Waals surface area contributed by atoms with E-state index in [0.29, 0.717) is 6.54 Å². The number of amides is 2. The van der Waals surface area contributed by atoms with Crippen LogP contribution in [0.15, 0.2) is 48.5 Å². The van der Waals surface area contributed by atoms with E-state index in [1.807, 2.05) is 42.2 Å². The standard InChI is InChI=1S/C18H20N2O/c1-4-20-17(21)19-16-11-10-13(2)12-15(16)18(20,3)14-8-6-5-7-9-14/h5-12H,4H2,1-3H3,(H,19,21). The van der Waals surface area contributed by atoms with Gasteiger partial charge in [-0.2, -0.15) is 0 Å². The van der Waals surface area contributed by atoms with Crippen LogP contribution in [-0.2, 0) is 5.54 Å². The number of fused-ring (bicyclic) bond motifs is 1. The monoisotopic (exact) mass is 280 g/mol. The number of hydrogen-bond donors (Lipinski definition) is 1. The second kappa shape index (κ2) is 4.92. The topological polar surface area (TPSA) is 32.3 Å². The van der Waals surface area contributed by atoms with Gasteiger partial charge in [0, 0.05) is 17.8 Å². The van der Waals surface area contributed by atoms with Crippen LogP contribution >= 0.6 is 0 Å². The van der Waals surface area contributed by atoms with Crippen molar-refractivity contribution >= 4 is 11.7 Å². The molecule has 0 spiro atoms. The Balaban J connectivity index is 2.29. The van der Waals surface area contributed by atoms with Crippen molar-refractivity contribution in [2.75, 3.05) is 11.9 Å². The third-order valence-electron chi connectivity index (χ3n) is 4.38. The van der Waals surface area contributed by atoms with Crippen LogP contribution in [0.2, 0.25) is 0 Å². The van der Waals surface area contributed by atoms with Crippen LogP contribution in [0.4, 0.5) is 10.5 Å². The van der Waals surface area contributed by atoms with Gasteiger partial charge in [0.25, 0.3) is 0 Å². The lowest BCUT2D eigenvalue weighted by Gasteiger charge is -2.46. The van der Waals surface area contributed by atoms with E-state index < -0.39 is 5.54 Å².